The molecule has 0 aromatic carbocycles. The van der Waals surface area contributed by atoms with E-state index < -0.39 is 0 Å². The van der Waals surface area contributed by atoms with Gasteiger partial charge >= 0.3 is 0 Å². The number of nitrogens with two attached hydrogens (primary N) is 1. The van der Waals surface area contributed by atoms with E-state index in [1.165, 1.54) is 0 Å². The van der Waals surface area contributed by atoms with Crippen molar-refractivity contribution < 1.29 is 4.79 Å². The molecule has 0 spiro atoms. The largest absolute Gasteiger partial charge is 0.351 e. The SMILES string of the molecule is CC(C)CC(=O)NC(C)(C)CC(C)(C)N. The highest BCUT2D eigenvalue weighted by Crippen LogP contribution is 2.17. The van der Waals surface area contributed by atoms with Crippen molar-refractivity contribution in [3.63, 3.8) is 0 Å². The summed E-state index contributed by atoms with van der Waals surface area (Å²) >= 11 is 0. The maximum Gasteiger partial charge on any atom is 0.220 e. The number of carbonyl (C=O) groups is 1. The van der Waals surface area contributed by atoms with Crippen LogP contribution in [-0.4, -0.2) is 17.0 Å². The third-order valence-electron chi connectivity index (χ3n) is 1.97. The number of hydrogen-bond donors (Lipinski definition) is 2. The molecule has 0 fully saturated rings. The second kappa shape index (κ2) is 4.97. The Morgan fingerprint density at radius 3 is 2.07 bits per heavy atom. The van der Waals surface area contributed by atoms with Gasteiger partial charge in [-0.3, -0.25) is 4.79 Å². The van der Waals surface area contributed by atoms with Crippen LogP contribution >= 0.6 is 0 Å². The highest BCUT2D eigenvalue weighted by Gasteiger charge is 2.27. The third kappa shape index (κ3) is 8.43. The molecule has 0 heterocycles. The Balaban J connectivity index is 4.19. The van der Waals surface area contributed by atoms with Crippen LogP contribution < -0.4 is 11.1 Å². The van der Waals surface area contributed by atoms with E-state index >= 15 is 0 Å². The van der Waals surface area contributed by atoms with Crippen molar-refractivity contribution in [2.24, 2.45) is 11.7 Å². The predicted molar refractivity (Wildman–Crippen MR) is 64.6 cm³/mol. The van der Waals surface area contributed by atoms with E-state index in [4.69, 9.17) is 5.73 Å². The molecule has 0 aromatic heterocycles. The van der Waals surface area contributed by atoms with E-state index in [1.54, 1.807) is 0 Å². The van der Waals surface area contributed by atoms with Crippen molar-refractivity contribution in [3.05, 3.63) is 0 Å². The first-order valence-corrected chi connectivity index (χ1v) is 5.62. The first-order valence-electron chi connectivity index (χ1n) is 5.62. The lowest BCUT2D eigenvalue weighted by atomic mass is 9.87. The summed E-state index contributed by atoms with van der Waals surface area (Å²) in [6.07, 6.45) is 1.35. The summed E-state index contributed by atoms with van der Waals surface area (Å²) in [6, 6.07) is 0. The number of amides is 1. The summed E-state index contributed by atoms with van der Waals surface area (Å²) in [5.74, 6) is 0.505. The highest BCUT2D eigenvalue weighted by molar-refractivity contribution is 5.76. The smallest absolute Gasteiger partial charge is 0.220 e. The number of hydrogen-bond acceptors (Lipinski definition) is 2. The molecule has 0 aliphatic heterocycles. The van der Waals surface area contributed by atoms with Crippen LogP contribution in [0.5, 0.6) is 0 Å². The van der Waals surface area contributed by atoms with Gasteiger partial charge in [-0.05, 0) is 40.0 Å². The van der Waals surface area contributed by atoms with Crippen molar-refractivity contribution >= 4 is 5.91 Å². The van der Waals surface area contributed by atoms with Gasteiger partial charge < -0.3 is 11.1 Å². The molecule has 3 nitrogen and oxygen atoms in total. The van der Waals surface area contributed by atoms with Gasteiger partial charge in [-0.1, -0.05) is 13.8 Å². The van der Waals surface area contributed by atoms with Crippen LogP contribution in [0, 0.1) is 5.92 Å². The number of carbonyl (C=O) groups excluding carboxylic acids is 1. The van der Waals surface area contributed by atoms with Crippen molar-refractivity contribution in [2.75, 3.05) is 0 Å². The summed E-state index contributed by atoms with van der Waals surface area (Å²) in [5, 5.41) is 3.03. The molecule has 0 unspecified atom stereocenters. The lowest BCUT2D eigenvalue weighted by Crippen LogP contribution is -2.50. The van der Waals surface area contributed by atoms with Gasteiger partial charge in [0.15, 0.2) is 0 Å². The first kappa shape index (κ1) is 14.4. The Morgan fingerprint density at radius 2 is 1.73 bits per heavy atom. The lowest BCUT2D eigenvalue weighted by Gasteiger charge is -2.33. The molecule has 0 radical (unpaired) electrons. The van der Waals surface area contributed by atoms with Gasteiger partial charge in [0.05, 0.1) is 0 Å². The quantitative estimate of drug-likeness (QED) is 0.736. The van der Waals surface area contributed by atoms with Crippen molar-refractivity contribution in [3.8, 4) is 0 Å². The summed E-state index contributed by atoms with van der Waals surface area (Å²) in [4.78, 5) is 11.6. The van der Waals surface area contributed by atoms with Crippen molar-refractivity contribution in [1.82, 2.24) is 5.32 Å². The zero-order chi connectivity index (χ0) is 12.3. The van der Waals surface area contributed by atoms with Crippen molar-refractivity contribution in [2.45, 2.75) is 65.5 Å². The number of nitrogens with one attached hydrogen (secondary N) is 1. The molecule has 3 heteroatoms. The Morgan fingerprint density at radius 1 is 1.27 bits per heavy atom. The maximum atomic E-state index is 11.6. The fourth-order valence-corrected chi connectivity index (χ4v) is 1.98. The van der Waals surface area contributed by atoms with Crippen LogP contribution in [0.25, 0.3) is 0 Å². The van der Waals surface area contributed by atoms with Gasteiger partial charge in [0.25, 0.3) is 0 Å². The lowest BCUT2D eigenvalue weighted by molar-refractivity contribution is -0.123. The van der Waals surface area contributed by atoms with E-state index in [2.05, 4.69) is 5.32 Å². The van der Waals surface area contributed by atoms with Gasteiger partial charge in [-0.2, -0.15) is 0 Å². The molecule has 0 aliphatic rings. The van der Waals surface area contributed by atoms with E-state index in [1.807, 2.05) is 41.5 Å². The zero-order valence-electron chi connectivity index (χ0n) is 11.0. The molecule has 3 N–H and O–H groups in total. The first-order chi connectivity index (χ1) is 6.52. The van der Waals surface area contributed by atoms with Gasteiger partial charge in [0, 0.05) is 17.5 Å². The molecule has 0 rings (SSSR count). The van der Waals surface area contributed by atoms with Gasteiger partial charge in [-0.15, -0.1) is 0 Å². The fraction of sp³-hybridized carbons (Fsp3) is 0.917. The Kier molecular flexibility index (Phi) is 4.78. The van der Waals surface area contributed by atoms with Crippen LogP contribution in [-0.2, 0) is 4.79 Å². The van der Waals surface area contributed by atoms with Crippen LogP contribution in [0.3, 0.4) is 0 Å². The molecule has 0 bridgehead atoms. The van der Waals surface area contributed by atoms with Crippen LogP contribution in [0.1, 0.15) is 54.4 Å². The van der Waals surface area contributed by atoms with Gasteiger partial charge in [0.1, 0.15) is 0 Å². The fourth-order valence-electron chi connectivity index (χ4n) is 1.98. The molecule has 0 aliphatic carbocycles. The van der Waals surface area contributed by atoms with E-state index in [-0.39, 0.29) is 17.0 Å². The normalized spacial score (nSPS) is 13.1. The molecule has 0 aromatic rings. The molecular weight excluding hydrogens is 188 g/mol. The summed E-state index contributed by atoms with van der Waals surface area (Å²) in [6.45, 7) is 12.1. The second-order valence-electron chi connectivity index (χ2n) is 6.20. The molecule has 0 saturated carbocycles. The van der Waals surface area contributed by atoms with Crippen molar-refractivity contribution in [1.29, 1.82) is 0 Å². The summed E-state index contributed by atoms with van der Waals surface area (Å²) in [7, 11) is 0. The Hall–Kier alpha value is -0.570. The highest BCUT2D eigenvalue weighted by atomic mass is 16.1. The van der Waals surface area contributed by atoms with E-state index in [0.29, 0.717) is 12.3 Å². The molecule has 90 valence electrons. The summed E-state index contributed by atoms with van der Waals surface area (Å²) in [5.41, 5.74) is 5.46. The molecule has 1 amide bonds. The topological polar surface area (TPSA) is 55.1 Å². The van der Waals surface area contributed by atoms with Crippen LogP contribution in [0.15, 0.2) is 0 Å². The van der Waals surface area contributed by atoms with Gasteiger partial charge in [0.2, 0.25) is 5.91 Å². The van der Waals surface area contributed by atoms with Gasteiger partial charge in [-0.25, -0.2) is 0 Å². The molecular formula is C12H26N2O. The maximum absolute atomic E-state index is 11.6. The standard InChI is InChI=1S/C12H26N2O/c1-9(2)7-10(15)14-12(5,6)8-11(3,4)13/h9H,7-8,13H2,1-6H3,(H,14,15). The second-order valence-corrected chi connectivity index (χ2v) is 6.20. The third-order valence-corrected chi connectivity index (χ3v) is 1.97. The monoisotopic (exact) mass is 214 g/mol. The number of rotatable bonds is 5. The Bertz CT molecular complexity index is 214. The molecule has 0 atom stereocenters. The van der Waals surface area contributed by atoms with E-state index in [9.17, 15) is 4.79 Å². The predicted octanol–water partition coefficient (Wildman–Crippen LogP) is 2.05. The minimum absolute atomic E-state index is 0.110. The Labute approximate surface area is 93.8 Å². The average molecular weight is 214 g/mol. The molecule has 0 saturated heterocycles. The minimum atomic E-state index is -0.255. The summed E-state index contributed by atoms with van der Waals surface area (Å²) < 4.78 is 0. The average Bonchev–Trinajstić information content (AvgIpc) is 1.73. The zero-order valence-corrected chi connectivity index (χ0v) is 11.0. The van der Waals surface area contributed by atoms with Crippen LogP contribution in [0.4, 0.5) is 0 Å². The minimum Gasteiger partial charge on any atom is -0.351 e. The molecule has 15 heavy (non-hydrogen) atoms. The van der Waals surface area contributed by atoms with E-state index in [0.717, 1.165) is 6.42 Å². The van der Waals surface area contributed by atoms with Crippen LogP contribution in [0.2, 0.25) is 0 Å².